The third-order valence-corrected chi connectivity index (χ3v) is 4.68. The van der Waals surface area contributed by atoms with E-state index in [0.717, 1.165) is 10.9 Å². The first kappa shape index (κ1) is 13.8. The molecule has 1 atom stereocenters. The lowest BCUT2D eigenvalue weighted by atomic mass is 9.98. The highest BCUT2D eigenvalue weighted by Crippen LogP contribution is 2.25. The van der Waals surface area contributed by atoms with Crippen LogP contribution in [-0.4, -0.2) is 0 Å². The second-order valence-corrected chi connectivity index (χ2v) is 6.50. The molecule has 1 aromatic heterocycles. The van der Waals surface area contributed by atoms with Crippen molar-refractivity contribution in [2.75, 3.05) is 0 Å². The van der Waals surface area contributed by atoms with E-state index in [2.05, 4.69) is 74.6 Å². The summed E-state index contributed by atoms with van der Waals surface area (Å²) in [5, 5.41) is 6.73. The normalized spacial score (nSPS) is 12.7. The molecule has 0 amide bonds. The summed E-state index contributed by atoms with van der Waals surface area (Å²) in [6.45, 7) is 0. The number of halogens is 1. The van der Waals surface area contributed by atoms with E-state index in [-0.39, 0.29) is 6.04 Å². The summed E-state index contributed by atoms with van der Waals surface area (Å²) in [5.41, 5.74) is 5.46. The van der Waals surface area contributed by atoms with E-state index in [9.17, 15) is 0 Å². The fraction of sp³-hybridized carbons (Fsp3) is 0.125. The fourth-order valence-electron chi connectivity index (χ4n) is 2.37. The lowest BCUT2D eigenvalue weighted by Crippen LogP contribution is -2.29. The van der Waals surface area contributed by atoms with Gasteiger partial charge in [0.25, 0.3) is 0 Å². The van der Waals surface area contributed by atoms with Gasteiger partial charge in [-0.25, -0.2) is 0 Å². The topological polar surface area (TPSA) is 38.0 Å². The van der Waals surface area contributed by atoms with Gasteiger partial charge in [-0.15, -0.1) is 0 Å². The van der Waals surface area contributed by atoms with Crippen LogP contribution in [0.3, 0.4) is 0 Å². The van der Waals surface area contributed by atoms with Crippen LogP contribution in [0.25, 0.3) is 10.8 Å². The average Bonchev–Trinajstić information content (AvgIpc) is 2.97. The molecule has 0 spiro atoms. The van der Waals surface area contributed by atoms with E-state index in [1.165, 1.54) is 21.9 Å². The molecular weight excluding hydrogens is 332 g/mol. The molecule has 0 saturated carbocycles. The predicted molar refractivity (Wildman–Crippen MR) is 89.7 cm³/mol. The monoisotopic (exact) mass is 346 g/mol. The Kier molecular flexibility index (Phi) is 4.17. The van der Waals surface area contributed by atoms with Crippen LogP contribution in [0.2, 0.25) is 0 Å². The van der Waals surface area contributed by atoms with Crippen molar-refractivity contribution in [2.45, 2.75) is 12.5 Å². The zero-order valence-corrected chi connectivity index (χ0v) is 13.2. The second-order valence-electron chi connectivity index (χ2n) is 4.81. The molecule has 102 valence electrons. The van der Waals surface area contributed by atoms with Crippen molar-refractivity contribution >= 4 is 38.0 Å². The predicted octanol–water partition coefficient (Wildman–Crippen LogP) is 4.41. The molecule has 3 N–H and O–H groups in total. The number of fused-ring (bicyclic) bond motifs is 1. The van der Waals surface area contributed by atoms with Gasteiger partial charge in [0.1, 0.15) is 0 Å². The quantitative estimate of drug-likeness (QED) is 0.542. The van der Waals surface area contributed by atoms with Crippen molar-refractivity contribution in [3.05, 3.63) is 68.8 Å². The number of nitrogens with two attached hydrogens (primary N) is 1. The third-order valence-electron chi connectivity index (χ3n) is 3.45. The molecule has 20 heavy (non-hydrogen) atoms. The summed E-state index contributed by atoms with van der Waals surface area (Å²) in [6, 6.07) is 15.1. The Morgan fingerprint density at radius 2 is 1.90 bits per heavy atom. The molecule has 0 radical (unpaired) electrons. The highest BCUT2D eigenvalue weighted by atomic mass is 79.9. The molecule has 0 aliphatic heterocycles. The first-order chi connectivity index (χ1) is 9.76. The van der Waals surface area contributed by atoms with Gasteiger partial charge in [0.15, 0.2) is 0 Å². The van der Waals surface area contributed by atoms with Crippen molar-refractivity contribution < 1.29 is 0 Å². The van der Waals surface area contributed by atoms with E-state index in [4.69, 9.17) is 5.84 Å². The summed E-state index contributed by atoms with van der Waals surface area (Å²) in [7, 11) is 0. The van der Waals surface area contributed by atoms with Crippen LogP contribution < -0.4 is 11.3 Å². The summed E-state index contributed by atoms with van der Waals surface area (Å²) < 4.78 is 1.10. The van der Waals surface area contributed by atoms with Gasteiger partial charge in [-0.1, -0.05) is 34.1 Å². The number of hydrogen-bond acceptors (Lipinski definition) is 3. The van der Waals surface area contributed by atoms with Gasteiger partial charge < -0.3 is 0 Å². The minimum Gasteiger partial charge on any atom is -0.271 e. The van der Waals surface area contributed by atoms with Crippen LogP contribution >= 0.6 is 27.3 Å². The Labute approximate surface area is 130 Å². The largest absolute Gasteiger partial charge is 0.271 e. The maximum Gasteiger partial charge on any atom is 0.0500 e. The lowest BCUT2D eigenvalue weighted by Gasteiger charge is -2.16. The van der Waals surface area contributed by atoms with Crippen LogP contribution in [0.1, 0.15) is 17.2 Å². The molecule has 4 heteroatoms. The molecule has 0 aliphatic rings. The number of thiophene rings is 1. The van der Waals surface area contributed by atoms with Crippen LogP contribution in [0.5, 0.6) is 0 Å². The number of hydrazine groups is 1. The van der Waals surface area contributed by atoms with Gasteiger partial charge in [-0.2, -0.15) is 11.3 Å². The van der Waals surface area contributed by atoms with Crippen LogP contribution in [0.4, 0.5) is 0 Å². The molecule has 3 aromatic rings. The number of rotatable bonds is 4. The highest BCUT2D eigenvalue weighted by molar-refractivity contribution is 9.10. The van der Waals surface area contributed by atoms with E-state index in [0.29, 0.717) is 0 Å². The number of benzene rings is 2. The minimum atomic E-state index is 0.137. The Balaban J connectivity index is 1.93. The van der Waals surface area contributed by atoms with Crippen LogP contribution in [0.15, 0.2) is 57.7 Å². The van der Waals surface area contributed by atoms with Gasteiger partial charge in [0, 0.05) is 4.47 Å². The first-order valence-electron chi connectivity index (χ1n) is 6.42. The molecular formula is C16H15BrN2S. The Bertz CT molecular complexity index is 710. The Hall–Kier alpha value is -1.20. The Morgan fingerprint density at radius 3 is 2.65 bits per heavy atom. The maximum absolute atomic E-state index is 5.74. The fourth-order valence-corrected chi connectivity index (χ4v) is 3.43. The van der Waals surface area contributed by atoms with Gasteiger partial charge in [0.2, 0.25) is 0 Å². The second kappa shape index (κ2) is 6.06. The van der Waals surface area contributed by atoms with Crippen molar-refractivity contribution in [3.63, 3.8) is 0 Å². The van der Waals surface area contributed by atoms with Crippen LogP contribution in [0, 0.1) is 0 Å². The molecule has 1 unspecified atom stereocenters. The molecule has 0 saturated heterocycles. The van der Waals surface area contributed by atoms with Gasteiger partial charge in [-0.05, 0) is 63.3 Å². The maximum atomic E-state index is 5.74. The molecule has 0 aliphatic carbocycles. The van der Waals surface area contributed by atoms with E-state index >= 15 is 0 Å². The highest BCUT2D eigenvalue weighted by Gasteiger charge is 2.11. The van der Waals surface area contributed by atoms with Crippen LogP contribution in [-0.2, 0) is 6.42 Å². The lowest BCUT2D eigenvalue weighted by molar-refractivity contribution is 0.553. The Morgan fingerprint density at radius 1 is 1.10 bits per heavy atom. The molecule has 1 heterocycles. The minimum absolute atomic E-state index is 0.137. The summed E-state index contributed by atoms with van der Waals surface area (Å²) in [6.07, 6.45) is 0.905. The summed E-state index contributed by atoms with van der Waals surface area (Å²) >= 11 is 5.22. The van der Waals surface area contributed by atoms with Gasteiger partial charge in [-0.3, -0.25) is 11.3 Å². The molecule has 0 bridgehead atoms. The zero-order valence-electron chi connectivity index (χ0n) is 10.8. The van der Waals surface area contributed by atoms with Crippen molar-refractivity contribution in [3.8, 4) is 0 Å². The number of hydrogen-bond donors (Lipinski definition) is 2. The SMILES string of the molecule is NNC(Cc1ccsc1)c1ccc2cc(Br)ccc2c1. The first-order valence-corrected chi connectivity index (χ1v) is 8.16. The van der Waals surface area contributed by atoms with Crippen molar-refractivity contribution in [1.29, 1.82) is 0 Å². The van der Waals surface area contributed by atoms with Crippen molar-refractivity contribution in [2.24, 2.45) is 5.84 Å². The van der Waals surface area contributed by atoms with Gasteiger partial charge >= 0.3 is 0 Å². The molecule has 3 rings (SSSR count). The summed E-state index contributed by atoms with van der Waals surface area (Å²) in [4.78, 5) is 0. The third kappa shape index (κ3) is 2.94. The molecule has 2 nitrogen and oxygen atoms in total. The summed E-state index contributed by atoms with van der Waals surface area (Å²) in [5.74, 6) is 5.74. The number of nitrogens with one attached hydrogen (secondary N) is 1. The standard InChI is InChI=1S/C16H15BrN2S/c17-15-4-3-12-8-14(2-1-13(12)9-15)16(19-18)7-11-5-6-20-10-11/h1-6,8-10,16,19H,7,18H2. The molecule has 2 aromatic carbocycles. The zero-order chi connectivity index (χ0) is 13.9. The smallest absolute Gasteiger partial charge is 0.0500 e. The van der Waals surface area contributed by atoms with E-state index in [1.54, 1.807) is 11.3 Å². The molecule has 0 fully saturated rings. The van der Waals surface area contributed by atoms with Crippen molar-refractivity contribution in [1.82, 2.24) is 5.43 Å². The average molecular weight is 347 g/mol. The van der Waals surface area contributed by atoms with Gasteiger partial charge in [0.05, 0.1) is 6.04 Å². The van der Waals surface area contributed by atoms with E-state index < -0.39 is 0 Å². The van der Waals surface area contributed by atoms with E-state index in [1.807, 2.05) is 0 Å².